The lowest BCUT2D eigenvalue weighted by Crippen LogP contribution is -2.21. The van der Waals surface area contributed by atoms with E-state index in [1.807, 2.05) is 54.1 Å². The first-order valence-corrected chi connectivity index (χ1v) is 11.4. The van der Waals surface area contributed by atoms with Gasteiger partial charge in [0.2, 0.25) is 0 Å². The Morgan fingerprint density at radius 2 is 1.64 bits per heavy atom. The molecular weight excluding hydrogens is 406 g/mol. The number of aryl methyl sites for hydroxylation is 2. The van der Waals surface area contributed by atoms with E-state index in [-0.39, 0.29) is 5.56 Å². The zero-order chi connectivity index (χ0) is 19.8. The smallest absolute Gasteiger partial charge is 0.275 e. The quantitative estimate of drug-likeness (QED) is 0.244. The predicted octanol–water partition coefficient (Wildman–Crippen LogP) is 5.56. The molecule has 0 bridgehead atoms. The van der Waals surface area contributed by atoms with Gasteiger partial charge in [-0.1, -0.05) is 59.9 Å². The van der Waals surface area contributed by atoms with Crippen molar-refractivity contribution in [2.75, 3.05) is 6.26 Å². The van der Waals surface area contributed by atoms with Crippen LogP contribution in [0.2, 0.25) is 0 Å². The normalized spacial score (nSPS) is 11.2. The van der Waals surface area contributed by atoms with E-state index in [1.165, 1.54) is 28.7 Å². The van der Waals surface area contributed by atoms with Crippen molar-refractivity contribution < 1.29 is 0 Å². The molecule has 4 aromatic rings. The lowest BCUT2D eigenvalue weighted by atomic mass is 10.1. The molecule has 142 valence electrons. The van der Waals surface area contributed by atoms with Crippen molar-refractivity contribution in [2.45, 2.75) is 25.4 Å². The van der Waals surface area contributed by atoms with Gasteiger partial charge in [0, 0.05) is 5.69 Å². The van der Waals surface area contributed by atoms with Gasteiger partial charge in [0.05, 0.1) is 5.69 Å². The minimum Gasteiger partial charge on any atom is -0.275 e. The fourth-order valence-electron chi connectivity index (χ4n) is 3.10. The summed E-state index contributed by atoms with van der Waals surface area (Å²) in [7, 11) is 0. The highest BCUT2D eigenvalue weighted by Crippen LogP contribution is 2.27. The summed E-state index contributed by atoms with van der Waals surface area (Å²) in [5, 5.41) is 0.646. The van der Waals surface area contributed by atoms with E-state index in [1.54, 1.807) is 4.57 Å². The second-order valence-corrected chi connectivity index (χ2v) is 8.87. The van der Waals surface area contributed by atoms with Crippen LogP contribution in [0.15, 0.2) is 58.5 Å². The average Bonchev–Trinajstić information content (AvgIpc) is 3.05. The fourth-order valence-corrected chi connectivity index (χ4v) is 4.96. The van der Waals surface area contributed by atoms with E-state index in [0.717, 1.165) is 23.4 Å². The first-order valence-electron chi connectivity index (χ1n) is 8.92. The molecule has 4 nitrogen and oxygen atoms in total. The number of aromatic nitrogens is 3. The van der Waals surface area contributed by atoms with E-state index < -0.39 is 0 Å². The minimum absolute atomic E-state index is 0.0850. The van der Waals surface area contributed by atoms with Crippen LogP contribution in [0.1, 0.15) is 18.1 Å². The number of hydrogen-bond donors (Lipinski definition) is 0. The van der Waals surface area contributed by atoms with Crippen molar-refractivity contribution >= 4 is 45.7 Å². The van der Waals surface area contributed by atoms with Crippen molar-refractivity contribution in [3.63, 3.8) is 0 Å². The first kappa shape index (κ1) is 19.1. The molecule has 2 heterocycles. The largest absolute Gasteiger partial charge is 0.278 e. The molecule has 0 fully saturated rings. The molecule has 0 radical (unpaired) electrons. The van der Waals surface area contributed by atoms with E-state index in [2.05, 4.69) is 19.1 Å². The summed E-state index contributed by atoms with van der Waals surface area (Å²) in [6, 6.07) is 16.1. The van der Waals surface area contributed by atoms with Gasteiger partial charge in [-0.3, -0.25) is 13.9 Å². The SMILES string of the molecule is CCc1ccc(-n2c(=S)sc3c(=O)n(-c4ccc(C)cc4)c(SC)nc32)cc1. The van der Waals surface area contributed by atoms with Gasteiger partial charge in [-0.05, 0) is 61.6 Å². The Hall–Kier alpha value is -2.22. The van der Waals surface area contributed by atoms with Crippen LogP contribution in [0.4, 0.5) is 0 Å². The van der Waals surface area contributed by atoms with Crippen LogP contribution in [-0.2, 0) is 6.42 Å². The number of benzene rings is 2. The second-order valence-electron chi connectivity index (χ2n) is 6.45. The Morgan fingerprint density at radius 3 is 2.25 bits per heavy atom. The van der Waals surface area contributed by atoms with Gasteiger partial charge in [-0.2, -0.15) is 0 Å². The fraction of sp³-hybridized carbons (Fsp3) is 0.190. The third-order valence-electron chi connectivity index (χ3n) is 4.65. The lowest BCUT2D eigenvalue weighted by Gasteiger charge is -2.12. The number of nitrogens with zero attached hydrogens (tertiary/aromatic N) is 3. The summed E-state index contributed by atoms with van der Waals surface area (Å²) < 4.78 is 4.76. The lowest BCUT2D eigenvalue weighted by molar-refractivity contribution is 0.813. The van der Waals surface area contributed by atoms with Crippen molar-refractivity contribution in [3.8, 4) is 11.4 Å². The van der Waals surface area contributed by atoms with Crippen molar-refractivity contribution in [3.05, 3.63) is 74.0 Å². The maximum absolute atomic E-state index is 13.4. The van der Waals surface area contributed by atoms with Crippen LogP contribution in [0.5, 0.6) is 0 Å². The highest BCUT2D eigenvalue weighted by Gasteiger charge is 2.18. The van der Waals surface area contributed by atoms with Crippen molar-refractivity contribution in [1.82, 2.24) is 14.1 Å². The Balaban J connectivity index is 2.00. The number of fused-ring (bicyclic) bond motifs is 1. The summed E-state index contributed by atoms with van der Waals surface area (Å²) in [5.41, 5.74) is 4.69. The van der Waals surface area contributed by atoms with Crippen LogP contribution < -0.4 is 5.56 Å². The van der Waals surface area contributed by atoms with Gasteiger partial charge in [-0.25, -0.2) is 4.98 Å². The molecule has 0 atom stereocenters. The molecule has 0 spiro atoms. The summed E-state index contributed by atoms with van der Waals surface area (Å²) in [6.07, 6.45) is 2.91. The molecule has 0 saturated heterocycles. The van der Waals surface area contributed by atoms with Crippen molar-refractivity contribution in [1.29, 1.82) is 0 Å². The zero-order valence-corrected chi connectivity index (χ0v) is 18.3. The van der Waals surface area contributed by atoms with Crippen molar-refractivity contribution in [2.24, 2.45) is 0 Å². The highest BCUT2D eigenvalue weighted by atomic mass is 32.2. The third-order valence-corrected chi connectivity index (χ3v) is 6.64. The maximum atomic E-state index is 13.4. The van der Waals surface area contributed by atoms with E-state index >= 15 is 0 Å². The monoisotopic (exact) mass is 425 g/mol. The van der Waals surface area contributed by atoms with Crippen LogP contribution >= 0.6 is 35.3 Å². The topological polar surface area (TPSA) is 39.8 Å². The van der Waals surface area contributed by atoms with E-state index in [9.17, 15) is 4.79 Å². The Morgan fingerprint density at radius 1 is 1.04 bits per heavy atom. The molecule has 28 heavy (non-hydrogen) atoms. The molecule has 0 aliphatic rings. The molecule has 0 amide bonds. The van der Waals surface area contributed by atoms with Gasteiger partial charge in [0.15, 0.2) is 14.8 Å². The average molecular weight is 426 g/mol. The molecule has 4 rings (SSSR count). The number of thioether (sulfide) groups is 1. The number of hydrogen-bond acceptors (Lipinski definition) is 5. The molecule has 0 aliphatic heterocycles. The second kappa shape index (κ2) is 7.66. The summed E-state index contributed by atoms with van der Waals surface area (Å²) in [5.74, 6) is 0. The van der Waals surface area contributed by atoms with Gasteiger partial charge in [-0.15, -0.1) is 0 Å². The molecule has 0 unspecified atom stereocenters. The minimum atomic E-state index is -0.0850. The van der Waals surface area contributed by atoms with Crippen LogP contribution in [0.3, 0.4) is 0 Å². The van der Waals surface area contributed by atoms with Crippen LogP contribution in [0.25, 0.3) is 21.7 Å². The summed E-state index contributed by atoms with van der Waals surface area (Å²) >= 11 is 8.36. The number of rotatable bonds is 4. The summed E-state index contributed by atoms with van der Waals surface area (Å²) in [6.45, 7) is 4.15. The zero-order valence-electron chi connectivity index (χ0n) is 15.8. The molecule has 2 aromatic carbocycles. The Kier molecular flexibility index (Phi) is 5.23. The Bertz CT molecular complexity index is 1270. The summed E-state index contributed by atoms with van der Waals surface area (Å²) in [4.78, 5) is 18.2. The van der Waals surface area contributed by atoms with Gasteiger partial charge >= 0.3 is 0 Å². The van der Waals surface area contributed by atoms with Gasteiger partial charge < -0.3 is 0 Å². The van der Waals surface area contributed by atoms with Crippen LogP contribution in [0, 0.1) is 10.9 Å². The predicted molar refractivity (Wildman–Crippen MR) is 121 cm³/mol. The molecule has 0 saturated carbocycles. The van der Waals surface area contributed by atoms with Gasteiger partial charge in [0.25, 0.3) is 5.56 Å². The maximum Gasteiger partial charge on any atom is 0.278 e. The van der Waals surface area contributed by atoms with Gasteiger partial charge in [0.1, 0.15) is 4.70 Å². The first-order chi connectivity index (χ1) is 13.5. The van der Waals surface area contributed by atoms with E-state index in [4.69, 9.17) is 17.2 Å². The number of thiazole rings is 1. The molecule has 7 heteroatoms. The Labute approximate surface area is 176 Å². The molecule has 0 N–H and O–H groups in total. The van der Waals surface area contributed by atoms with E-state index in [0.29, 0.717) is 19.5 Å². The standard InChI is InChI=1S/C21H19N3OS3/c1-4-14-7-11-15(12-8-14)23-18-17(28-21(23)26)19(25)24(20(22-18)27-3)16-9-5-13(2)6-10-16/h5-12H,4H2,1-3H3. The third kappa shape index (κ3) is 3.23. The highest BCUT2D eigenvalue weighted by molar-refractivity contribution is 7.98. The molecule has 2 aromatic heterocycles. The molecule has 0 aliphatic carbocycles. The molecular formula is C21H19N3OS3. The van der Waals surface area contributed by atoms with Crippen LogP contribution in [-0.4, -0.2) is 20.4 Å².